The Morgan fingerprint density at radius 3 is 2.70 bits per heavy atom. The van der Waals surface area contributed by atoms with Gasteiger partial charge in [0.25, 0.3) is 0 Å². The number of likely N-dealkylation sites (tertiary alicyclic amines) is 1. The molecule has 1 aromatic heterocycles. The molecule has 0 aliphatic carbocycles. The van der Waals surface area contributed by atoms with Crippen LogP contribution in [0.2, 0.25) is 5.15 Å². The minimum Gasteiger partial charge on any atom is -0.306 e. The van der Waals surface area contributed by atoms with Crippen molar-refractivity contribution in [1.82, 2.24) is 19.6 Å². The second-order valence-electron chi connectivity index (χ2n) is 6.02. The van der Waals surface area contributed by atoms with Gasteiger partial charge in [0.05, 0.1) is 5.69 Å². The molecule has 0 spiro atoms. The normalized spacial score (nSPS) is 21.4. The molecule has 1 saturated heterocycles. The molecule has 1 fully saturated rings. The second kappa shape index (κ2) is 6.92. The highest BCUT2D eigenvalue weighted by Crippen LogP contribution is 2.23. The zero-order valence-electron chi connectivity index (χ0n) is 13.2. The van der Waals surface area contributed by atoms with Crippen LogP contribution in [0.3, 0.4) is 0 Å². The molecule has 1 aliphatic heterocycles. The first-order valence-electron chi connectivity index (χ1n) is 7.62. The molecule has 20 heavy (non-hydrogen) atoms. The third kappa shape index (κ3) is 3.54. The SMILES string of the molecule is CCc1nn(C)c(Cl)c1CN1CCC[C@@H](N(C)C)CC1. The van der Waals surface area contributed by atoms with Gasteiger partial charge in [0.2, 0.25) is 0 Å². The van der Waals surface area contributed by atoms with E-state index in [1.165, 1.54) is 31.4 Å². The molecule has 0 bridgehead atoms. The van der Waals surface area contributed by atoms with Gasteiger partial charge in [-0.05, 0) is 52.9 Å². The van der Waals surface area contributed by atoms with E-state index in [4.69, 9.17) is 11.6 Å². The average Bonchev–Trinajstić information content (AvgIpc) is 2.61. The van der Waals surface area contributed by atoms with Crippen molar-refractivity contribution >= 4 is 11.6 Å². The van der Waals surface area contributed by atoms with Crippen LogP contribution in [0.1, 0.15) is 37.4 Å². The van der Waals surface area contributed by atoms with Gasteiger partial charge < -0.3 is 4.90 Å². The van der Waals surface area contributed by atoms with Crippen LogP contribution >= 0.6 is 11.6 Å². The minimum absolute atomic E-state index is 0.718. The fraction of sp³-hybridized carbons (Fsp3) is 0.800. The molecule has 2 rings (SSSR count). The van der Waals surface area contributed by atoms with Crippen LogP contribution in [0.15, 0.2) is 0 Å². The van der Waals surface area contributed by atoms with Crippen LogP contribution in [0.4, 0.5) is 0 Å². The summed E-state index contributed by atoms with van der Waals surface area (Å²) in [4.78, 5) is 4.89. The molecule has 1 atom stereocenters. The first-order valence-corrected chi connectivity index (χ1v) is 7.99. The van der Waals surface area contributed by atoms with E-state index in [1.54, 1.807) is 4.68 Å². The Hall–Kier alpha value is -0.580. The molecule has 0 N–H and O–H groups in total. The first kappa shape index (κ1) is 15.8. The number of hydrogen-bond donors (Lipinski definition) is 0. The van der Waals surface area contributed by atoms with Crippen molar-refractivity contribution in [3.05, 3.63) is 16.4 Å². The summed E-state index contributed by atoms with van der Waals surface area (Å²) in [6, 6.07) is 0.718. The quantitative estimate of drug-likeness (QED) is 0.854. The van der Waals surface area contributed by atoms with E-state index in [9.17, 15) is 0 Å². The Morgan fingerprint density at radius 2 is 2.05 bits per heavy atom. The van der Waals surface area contributed by atoms with Gasteiger partial charge in [-0.1, -0.05) is 18.5 Å². The van der Waals surface area contributed by atoms with E-state index in [0.717, 1.165) is 36.4 Å². The molecule has 5 heteroatoms. The summed E-state index contributed by atoms with van der Waals surface area (Å²) in [5, 5.41) is 5.31. The molecule has 0 radical (unpaired) electrons. The Kier molecular flexibility index (Phi) is 5.47. The summed E-state index contributed by atoms with van der Waals surface area (Å²) in [6.07, 6.45) is 4.75. The fourth-order valence-corrected chi connectivity index (χ4v) is 3.28. The van der Waals surface area contributed by atoms with Crippen LogP contribution in [0.25, 0.3) is 0 Å². The van der Waals surface area contributed by atoms with Gasteiger partial charge in [0.15, 0.2) is 0 Å². The van der Waals surface area contributed by atoms with Crippen LogP contribution in [0.5, 0.6) is 0 Å². The average molecular weight is 299 g/mol. The molecule has 0 saturated carbocycles. The minimum atomic E-state index is 0.718. The van der Waals surface area contributed by atoms with Crippen molar-refractivity contribution in [1.29, 1.82) is 0 Å². The van der Waals surface area contributed by atoms with Crippen molar-refractivity contribution < 1.29 is 0 Å². The summed E-state index contributed by atoms with van der Waals surface area (Å²) in [6.45, 7) is 5.40. The van der Waals surface area contributed by atoms with Gasteiger partial charge in [-0.15, -0.1) is 0 Å². The molecule has 2 heterocycles. The van der Waals surface area contributed by atoms with Gasteiger partial charge in [0, 0.05) is 25.2 Å². The molecule has 1 aromatic rings. The predicted molar refractivity (Wildman–Crippen MR) is 84.2 cm³/mol. The number of rotatable bonds is 4. The van der Waals surface area contributed by atoms with Gasteiger partial charge in [-0.25, -0.2) is 0 Å². The lowest BCUT2D eigenvalue weighted by Crippen LogP contribution is -2.30. The molecular weight excluding hydrogens is 272 g/mol. The smallest absolute Gasteiger partial charge is 0.131 e. The van der Waals surface area contributed by atoms with Crippen molar-refractivity contribution in [2.24, 2.45) is 7.05 Å². The maximum absolute atomic E-state index is 6.40. The maximum Gasteiger partial charge on any atom is 0.131 e. The monoisotopic (exact) mass is 298 g/mol. The molecule has 1 aliphatic rings. The van der Waals surface area contributed by atoms with Gasteiger partial charge >= 0.3 is 0 Å². The van der Waals surface area contributed by atoms with E-state index in [1.807, 2.05) is 7.05 Å². The summed E-state index contributed by atoms with van der Waals surface area (Å²) >= 11 is 6.40. The Morgan fingerprint density at radius 1 is 1.30 bits per heavy atom. The lowest BCUT2D eigenvalue weighted by atomic mass is 10.1. The highest BCUT2D eigenvalue weighted by Gasteiger charge is 2.21. The van der Waals surface area contributed by atoms with Crippen molar-refractivity contribution in [2.45, 2.75) is 45.2 Å². The van der Waals surface area contributed by atoms with E-state index in [2.05, 4.69) is 35.9 Å². The third-order valence-electron chi connectivity index (χ3n) is 4.39. The summed E-state index contributed by atoms with van der Waals surface area (Å²) < 4.78 is 1.80. The van der Waals surface area contributed by atoms with Crippen LogP contribution < -0.4 is 0 Å². The van der Waals surface area contributed by atoms with Gasteiger partial charge in [-0.3, -0.25) is 9.58 Å². The number of aryl methyl sites for hydroxylation is 2. The lowest BCUT2D eigenvalue weighted by Gasteiger charge is -2.23. The Bertz CT molecular complexity index is 441. The van der Waals surface area contributed by atoms with Gasteiger partial charge in [0.1, 0.15) is 5.15 Å². The zero-order chi connectivity index (χ0) is 14.7. The second-order valence-corrected chi connectivity index (χ2v) is 6.38. The van der Waals surface area contributed by atoms with Crippen molar-refractivity contribution in [2.75, 3.05) is 27.2 Å². The van der Waals surface area contributed by atoms with E-state index in [0.29, 0.717) is 0 Å². The van der Waals surface area contributed by atoms with Crippen LogP contribution in [-0.4, -0.2) is 52.8 Å². The third-order valence-corrected chi connectivity index (χ3v) is 4.86. The summed E-state index contributed by atoms with van der Waals surface area (Å²) in [7, 11) is 6.30. The zero-order valence-corrected chi connectivity index (χ0v) is 13.9. The van der Waals surface area contributed by atoms with Crippen molar-refractivity contribution in [3.63, 3.8) is 0 Å². The van der Waals surface area contributed by atoms with Crippen LogP contribution in [-0.2, 0) is 20.0 Å². The highest BCUT2D eigenvalue weighted by atomic mass is 35.5. The van der Waals surface area contributed by atoms with Crippen LogP contribution in [0, 0.1) is 0 Å². The maximum atomic E-state index is 6.40. The molecule has 0 aromatic carbocycles. The number of hydrogen-bond acceptors (Lipinski definition) is 3. The number of aromatic nitrogens is 2. The summed E-state index contributed by atoms with van der Waals surface area (Å²) in [5.41, 5.74) is 2.37. The lowest BCUT2D eigenvalue weighted by molar-refractivity contribution is 0.245. The van der Waals surface area contributed by atoms with Crippen molar-refractivity contribution in [3.8, 4) is 0 Å². The molecule has 0 amide bonds. The molecular formula is C15H27ClN4. The van der Waals surface area contributed by atoms with E-state index in [-0.39, 0.29) is 0 Å². The predicted octanol–water partition coefficient (Wildman–Crippen LogP) is 2.55. The Balaban J connectivity index is 2.03. The highest BCUT2D eigenvalue weighted by molar-refractivity contribution is 6.30. The molecule has 4 nitrogen and oxygen atoms in total. The summed E-state index contributed by atoms with van der Waals surface area (Å²) in [5.74, 6) is 0. The van der Waals surface area contributed by atoms with Gasteiger partial charge in [-0.2, -0.15) is 5.10 Å². The largest absolute Gasteiger partial charge is 0.306 e. The number of halogens is 1. The van der Waals surface area contributed by atoms with E-state index < -0.39 is 0 Å². The van der Waals surface area contributed by atoms with E-state index >= 15 is 0 Å². The Labute approximate surface area is 127 Å². The molecule has 114 valence electrons. The molecule has 0 unspecified atom stereocenters. The first-order chi connectivity index (χ1) is 9.52. The fourth-order valence-electron chi connectivity index (χ4n) is 3.08. The standard InChI is InChI=1S/C15H27ClN4/c1-5-14-13(15(16)19(4)17-14)11-20-9-6-7-12(8-10-20)18(2)3/h12H,5-11H2,1-4H3/t12-/m1/s1. The topological polar surface area (TPSA) is 24.3 Å². The number of nitrogens with zero attached hydrogens (tertiary/aromatic N) is 4.